The number of aromatic nitrogens is 1. The van der Waals surface area contributed by atoms with Gasteiger partial charge in [0.05, 0.1) is 5.69 Å². The molecule has 0 unspecified atom stereocenters. The lowest BCUT2D eigenvalue weighted by atomic mass is 10.0. The summed E-state index contributed by atoms with van der Waals surface area (Å²) in [5.74, 6) is -0.676. The molecule has 1 heterocycles. The summed E-state index contributed by atoms with van der Waals surface area (Å²) in [6.07, 6.45) is 0.858. The Hall–Kier alpha value is -2.88. The Labute approximate surface area is 146 Å². The molecule has 3 nitrogen and oxygen atoms in total. The Bertz CT molecular complexity index is 957. The minimum absolute atomic E-state index is 0.239. The van der Waals surface area contributed by atoms with Gasteiger partial charge in [-0.1, -0.05) is 6.92 Å². The van der Waals surface area contributed by atoms with E-state index in [1.807, 2.05) is 26.0 Å². The fraction of sp³-hybridized carbons (Fsp3) is 0.190. The number of hydrogen-bond donors (Lipinski definition) is 1. The van der Waals surface area contributed by atoms with Crippen molar-refractivity contribution < 1.29 is 9.18 Å². The van der Waals surface area contributed by atoms with Gasteiger partial charge in [0, 0.05) is 22.5 Å². The van der Waals surface area contributed by atoms with Crippen molar-refractivity contribution in [2.24, 2.45) is 5.73 Å². The van der Waals surface area contributed by atoms with Gasteiger partial charge in [-0.05, 0) is 79.9 Å². The third-order valence-corrected chi connectivity index (χ3v) is 4.51. The fourth-order valence-corrected chi connectivity index (χ4v) is 3.22. The Morgan fingerprint density at radius 2 is 1.80 bits per heavy atom. The van der Waals surface area contributed by atoms with Crippen LogP contribution in [0, 0.1) is 19.7 Å². The molecule has 128 valence electrons. The van der Waals surface area contributed by atoms with Gasteiger partial charge in [-0.2, -0.15) is 0 Å². The van der Waals surface area contributed by atoms with Crippen molar-refractivity contribution >= 4 is 5.91 Å². The zero-order valence-electron chi connectivity index (χ0n) is 14.6. The summed E-state index contributed by atoms with van der Waals surface area (Å²) in [6, 6.07) is 14.4. The number of primary amides is 1. The Morgan fingerprint density at radius 1 is 1.04 bits per heavy atom. The maximum atomic E-state index is 13.5. The first-order valence-corrected chi connectivity index (χ1v) is 8.30. The number of nitrogens with two attached hydrogens (primary N) is 1. The molecule has 4 heteroatoms. The lowest BCUT2D eigenvalue weighted by Gasteiger charge is -2.17. The molecule has 0 atom stereocenters. The maximum absolute atomic E-state index is 13.5. The van der Waals surface area contributed by atoms with E-state index in [0.717, 1.165) is 40.2 Å². The predicted octanol–water partition coefficient (Wildman–Crippen LogP) is 4.56. The molecule has 0 saturated heterocycles. The van der Waals surface area contributed by atoms with Crippen LogP contribution in [0.2, 0.25) is 0 Å². The normalized spacial score (nSPS) is 10.9. The maximum Gasteiger partial charge on any atom is 0.248 e. The molecule has 1 amide bonds. The number of carbonyl (C=O) groups excluding carboxylic acids is 1. The highest BCUT2D eigenvalue weighted by molar-refractivity contribution is 5.93. The second-order valence-electron chi connectivity index (χ2n) is 6.22. The average Bonchev–Trinajstić information content (AvgIpc) is 2.98. The smallest absolute Gasteiger partial charge is 0.248 e. The molecule has 3 rings (SSSR count). The largest absolute Gasteiger partial charge is 0.366 e. The Balaban J connectivity index is 2.23. The van der Waals surface area contributed by atoms with Crippen molar-refractivity contribution in [2.45, 2.75) is 27.2 Å². The summed E-state index contributed by atoms with van der Waals surface area (Å²) in [6.45, 7) is 5.97. The van der Waals surface area contributed by atoms with Crippen LogP contribution in [0.25, 0.3) is 16.9 Å². The average molecular weight is 336 g/mol. The third kappa shape index (κ3) is 3.07. The molecule has 0 radical (unpaired) electrons. The highest BCUT2D eigenvalue weighted by Crippen LogP contribution is 2.31. The number of amides is 1. The molecule has 2 N–H and O–H groups in total. The van der Waals surface area contributed by atoms with Crippen LogP contribution >= 0.6 is 0 Å². The lowest BCUT2D eigenvalue weighted by molar-refractivity contribution is 0.1000. The number of halogens is 1. The van der Waals surface area contributed by atoms with Crippen LogP contribution < -0.4 is 5.73 Å². The van der Waals surface area contributed by atoms with Crippen LogP contribution in [-0.4, -0.2) is 10.5 Å². The molecular formula is C21H21FN2O. The molecular weight excluding hydrogens is 315 g/mol. The number of rotatable bonds is 4. The summed E-state index contributed by atoms with van der Waals surface area (Å²) < 4.78 is 15.7. The zero-order chi connectivity index (χ0) is 18.1. The Kier molecular flexibility index (Phi) is 4.45. The van der Waals surface area contributed by atoms with Crippen molar-refractivity contribution in [3.8, 4) is 16.9 Å². The highest BCUT2D eigenvalue weighted by Gasteiger charge is 2.15. The summed E-state index contributed by atoms with van der Waals surface area (Å²) in [5.41, 5.74) is 11.8. The van der Waals surface area contributed by atoms with Gasteiger partial charge in [-0.3, -0.25) is 4.79 Å². The van der Waals surface area contributed by atoms with Gasteiger partial charge in [0.2, 0.25) is 5.91 Å². The van der Waals surface area contributed by atoms with E-state index < -0.39 is 5.91 Å². The molecule has 25 heavy (non-hydrogen) atoms. The number of carbonyl (C=O) groups is 1. The summed E-state index contributed by atoms with van der Waals surface area (Å²) in [4.78, 5) is 11.4. The Morgan fingerprint density at radius 3 is 2.40 bits per heavy atom. The zero-order valence-corrected chi connectivity index (χ0v) is 14.6. The number of aryl methyl sites for hydroxylation is 3. The first kappa shape index (κ1) is 17.0. The number of benzene rings is 2. The minimum atomic E-state index is -0.438. The molecule has 3 aromatic rings. The van der Waals surface area contributed by atoms with Gasteiger partial charge in [-0.15, -0.1) is 0 Å². The molecule has 0 aliphatic carbocycles. The standard InChI is InChI=1S/C21H21FN2O/c1-4-17-7-10-20(18-8-6-16(22)12-13(18)2)24(17)19-9-5-15(21(23)25)11-14(19)3/h5-12H,4H2,1-3H3,(H2,23,25). The van der Waals surface area contributed by atoms with Crippen molar-refractivity contribution in [2.75, 3.05) is 0 Å². The number of nitrogens with zero attached hydrogens (tertiary/aromatic N) is 1. The van der Waals surface area contributed by atoms with Crippen LogP contribution in [0.15, 0.2) is 48.5 Å². The summed E-state index contributed by atoms with van der Waals surface area (Å²) in [7, 11) is 0. The molecule has 0 bridgehead atoms. The second-order valence-corrected chi connectivity index (χ2v) is 6.22. The van der Waals surface area contributed by atoms with E-state index in [-0.39, 0.29) is 5.82 Å². The summed E-state index contributed by atoms with van der Waals surface area (Å²) >= 11 is 0. The quantitative estimate of drug-likeness (QED) is 0.746. The van der Waals surface area contributed by atoms with E-state index in [1.54, 1.807) is 18.2 Å². The molecule has 0 saturated carbocycles. The van der Waals surface area contributed by atoms with E-state index in [9.17, 15) is 9.18 Å². The third-order valence-electron chi connectivity index (χ3n) is 4.51. The van der Waals surface area contributed by atoms with Gasteiger partial charge in [0.1, 0.15) is 5.82 Å². The molecule has 0 aliphatic rings. The van der Waals surface area contributed by atoms with Crippen LogP contribution in [0.1, 0.15) is 34.1 Å². The predicted molar refractivity (Wildman–Crippen MR) is 98.5 cm³/mol. The van der Waals surface area contributed by atoms with Gasteiger partial charge in [0.15, 0.2) is 0 Å². The SMILES string of the molecule is CCc1ccc(-c2ccc(F)cc2C)n1-c1ccc(C(N)=O)cc1C. The van der Waals surface area contributed by atoms with E-state index in [4.69, 9.17) is 5.73 Å². The second kappa shape index (κ2) is 6.55. The van der Waals surface area contributed by atoms with Crippen LogP contribution in [0.5, 0.6) is 0 Å². The highest BCUT2D eigenvalue weighted by atomic mass is 19.1. The molecule has 2 aromatic carbocycles. The van der Waals surface area contributed by atoms with Gasteiger partial charge < -0.3 is 10.3 Å². The monoisotopic (exact) mass is 336 g/mol. The van der Waals surface area contributed by atoms with Crippen molar-refractivity contribution in [3.63, 3.8) is 0 Å². The molecule has 1 aromatic heterocycles. The van der Waals surface area contributed by atoms with Crippen molar-refractivity contribution in [1.82, 2.24) is 4.57 Å². The lowest BCUT2D eigenvalue weighted by Crippen LogP contribution is -2.12. The van der Waals surface area contributed by atoms with E-state index in [0.29, 0.717) is 5.56 Å². The van der Waals surface area contributed by atoms with E-state index >= 15 is 0 Å². The van der Waals surface area contributed by atoms with Gasteiger partial charge >= 0.3 is 0 Å². The summed E-state index contributed by atoms with van der Waals surface area (Å²) in [5, 5.41) is 0. The molecule has 0 aliphatic heterocycles. The van der Waals surface area contributed by atoms with Crippen LogP contribution in [0.4, 0.5) is 4.39 Å². The fourth-order valence-electron chi connectivity index (χ4n) is 3.22. The first-order chi connectivity index (χ1) is 11.9. The van der Waals surface area contributed by atoms with Gasteiger partial charge in [0.25, 0.3) is 0 Å². The van der Waals surface area contributed by atoms with Crippen LogP contribution in [0.3, 0.4) is 0 Å². The minimum Gasteiger partial charge on any atom is -0.366 e. The first-order valence-electron chi connectivity index (χ1n) is 8.30. The van der Waals surface area contributed by atoms with Crippen LogP contribution in [-0.2, 0) is 6.42 Å². The van der Waals surface area contributed by atoms with E-state index in [1.165, 1.54) is 6.07 Å². The van der Waals surface area contributed by atoms with E-state index in [2.05, 4.69) is 23.6 Å². The van der Waals surface area contributed by atoms with Gasteiger partial charge in [-0.25, -0.2) is 4.39 Å². The topological polar surface area (TPSA) is 48.0 Å². The molecule has 0 spiro atoms. The number of hydrogen-bond acceptors (Lipinski definition) is 1. The van der Waals surface area contributed by atoms with Crippen molar-refractivity contribution in [1.29, 1.82) is 0 Å². The van der Waals surface area contributed by atoms with Crippen molar-refractivity contribution in [3.05, 3.63) is 76.7 Å². The molecule has 0 fully saturated rings.